The highest BCUT2D eigenvalue weighted by molar-refractivity contribution is 6.19. The lowest BCUT2D eigenvalue weighted by Crippen LogP contribution is -2.35. The smallest absolute Gasteiger partial charge is 0.331 e. The van der Waals surface area contributed by atoms with Crippen LogP contribution in [0.5, 0.6) is 0 Å². The molecule has 0 saturated heterocycles. The van der Waals surface area contributed by atoms with E-state index in [4.69, 9.17) is 4.74 Å². The van der Waals surface area contributed by atoms with E-state index in [1.807, 2.05) is 30.3 Å². The third-order valence-corrected chi connectivity index (χ3v) is 4.04. The molecule has 0 unspecified atom stereocenters. The van der Waals surface area contributed by atoms with Gasteiger partial charge in [-0.05, 0) is 11.6 Å². The molecule has 28 heavy (non-hydrogen) atoms. The molecule has 0 atom stereocenters. The Hall–Kier alpha value is -3.79. The van der Waals surface area contributed by atoms with Crippen LogP contribution in [0.25, 0.3) is 6.08 Å². The summed E-state index contributed by atoms with van der Waals surface area (Å²) in [5.74, 6) is -1.88. The number of Topliss-reactive ketones (excluding diaryl/α,β-unsaturated/α-hetero) is 2. The van der Waals surface area contributed by atoms with Crippen molar-refractivity contribution >= 4 is 23.6 Å². The molecule has 0 amide bonds. The second-order valence-corrected chi connectivity index (χ2v) is 6.02. The molecule has 3 aromatic rings. The van der Waals surface area contributed by atoms with Crippen molar-refractivity contribution in [3.63, 3.8) is 0 Å². The second-order valence-electron chi connectivity index (χ2n) is 6.02. The van der Waals surface area contributed by atoms with Gasteiger partial charge in [0, 0.05) is 17.2 Å². The summed E-state index contributed by atoms with van der Waals surface area (Å²) in [4.78, 5) is 38.0. The first-order chi connectivity index (χ1) is 13.6. The van der Waals surface area contributed by atoms with Gasteiger partial charge in [0.25, 0.3) is 0 Å². The molecule has 4 nitrogen and oxygen atoms in total. The monoisotopic (exact) mass is 370 g/mol. The molecule has 0 radical (unpaired) electrons. The topological polar surface area (TPSA) is 60.4 Å². The molecule has 0 aromatic heterocycles. The summed E-state index contributed by atoms with van der Waals surface area (Å²) in [6.07, 6.45) is 1.23. The molecule has 138 valence electrons. The maximum Gasteiger partial charge on any atom is 0.331 e. The number of carbonyl (C=O) groups excluding carboxylic acids is 3. The molecule has 0 aliphatic rings. The molecule has 0 N–H and O–H groups in total. The van der Waals surface area contributed by atoms with E-state index in [0.717, 1.165) is 5.56 Å². The Kier molecular flexibility index (Phi) is 6.26. The van der Waals surface area contributed by atoms with Gasteiger partial charge in [-0.2, -0.15) is 0 Å². The number of carbonyl (C=O) groups is 3. The zero-order valence-corrected chi connectivity index (χ0v) is 15.0. The van der Waals surface area contributed by atoms with Gasteiger partial charge in [0.2, 0.25) is 17.7 Å². The fraction of sp³-hybridized carbons (Fsp3) is 0.0417. The van der Waals surface area contributed by atoms with Crippen molar-refractivity contribution in [1.82, 2.24) is 0 Å². The van der Waals surface area contributed by atoms with Gasteiger partial charge in [-0.1, -0.05) is 91.0 Å². The predicted octanol–water partition coefficient (Wildman–Crippen LogP) is 4.38. The molecular weight excluding hydrogens is 352 g/mol. The molecule has 0 bridgehead atoms. The number of esters is 1. The molecule has 0 aliphatic heterocycles. The van der Waals surface area contributed by atoms with Crippen LogP contribution in [0.1, 0.15) is 26.3 Å². The van der Waals surface area contributed by atoms with E-state index in [9.17, 15) is 14.4 Å². The molecular formula is C24H18O4. The molecule has 3 rings (SSSR count). The lowest BCUT2D eigenvalue weighted by molar-refractivity contribution is -0.139. The lowest BCUT2D eigenvalue weighted by Gasteiger charge is -2.15. The number of ether oxygens (including phenoxy) is 1. The first kappa shape index (κ1) is 19.0. The Morgan fingerprint density at radius 2 is 1.07 bits per heavy atom. The van der Waals surface area contributed by atoms with Gasteiger partial charge >= 0.3 is 5.97 Å². The summed E-state index contributed by atoms with van der Waals surface area (Å²) in [5.41, 5.74) is 1.41. The average Bonchev–Trinajstić information content (AvgIpc) is 2.77. The van der Waals surface area contributed by atoms with Crippen molar-refractivity contribution in [3.8, 4) is 0 Å². The van der Waals surface area contributed by atoms with Crippen LogP contribution < -0.4 is 0 Å². The number of rotatable bonds is 7. The van der Waals surface area contributed by atoms with Crippen molar-refractivity contribution in [1.29, 1.82) is 0 Å². The highest BCUT2D eigenvalue weighted by atomic mass is 16.5. The Labute approximate surface area is 163 Å². The Balaban J connectivity index is 1.83. The van der Waals surface area contributed by atoms with Crippen molar-refractivity contribution < 1.29 is 19.1 Å². The van der Waals surface area contributed by atoms with Crippen molar-refractivity contribution in [2.24, 2.45) is 0 Å². The molecule has 0 spiro atoms. The van der Waals surface area contributed by atoms with Gasteiger partial charge < -0.3 is 4.74 Å². The van der Waals surface area contributed by atoms with Crippen LogP contribution >= 0.6 is 0 Å². The van der Waals surface area contributed by atoms with Gasteiger partial charge in [0.05, 0.1) is 0 Å². The Morgan fingerprint density at radius 3 is 1.54 bits per heavy atom. The van der Waals surface area contributed by atoms with E-state index in [-0.39, 0.29) is 0 Å². The molecule has 0 saturated carbocycles. The second kappa shape index (κ2) is 9.24. The van der Waals surface area contributed by atoms with E-state index in [0.29, 0.717) is 11.1 Å². The Morgan fingerprint density at radius 1 is 0.643 bits per heavy atom. The van der Waals surface area contributed by atoms with Crippen LogP contribution in [0.15, 0.2) is 97.1 Å². The fourth-order valence-corrected chi connectivity index (χ4v) is 2.62. The van der Waals surface area contributed by atoms with Gasteiger partial charge in [-0.25, -0.2) is 4.79 Å². The molecule has 4 heteroatoms. The molecule has 0 aliphatic carbocycles. The predicted molar refractivity (Wildman–Crippen MR) is 107 cm³/mol. The maximum atomic E-state index is 12.8. The lowest BCUT2D eigenvalue weighted by atomic mass is 9.98. The fourth-order valence-electron chi connectivity index (χ4n) is 2.62. The number of ketones is 2. The SMILES string of the molecule is O=C(C=Cc1ccccc1)OC(C(=O)c1ccccc1)C(=O)c1ccccc1. The van der Waals surface area contributed by atoms with Crippen LogP contribution in [0.4, 0.5) is 0 Å². The quantitative estimate of drug-likeness (QED) is 0.268. The Bertz CT molecular complexity index is 925. The summed E-state index contributed by atoms with van der Waals surface area (Å²) in [5, 5.41) is 0. The summed E-state index contributed by atoms with van der Waals surface area (Å²) >= 11 is 0. The van der Waals surface area contributed by atoms with Crippen molar-refractivity contribution in [2.45, 2.75) is 6.10 Å². The first-order valence-electron chi connectivity index (χ1n) is 8.77. The normalized spacial score (nSPS) is 10.8. The summed E-state index contributed by atoms with van der Waals surface area (Å²) in [7, 11) is 0. The van der Waals surface area contributed by atoms with Gasteiger partial charge in [-0.3, -0.25) is 9.59 Å². The van der Waals surface area contributed by atoms with Crippen LogP contribution in [0.3, 0.4) is 0 Å². The van der Waals surface area contributed by atoms with Crippen LogP contribution in [0, 0.1) is 0 Å². The largest absolute Gasteiger partial charge is 0.442 e. The van der Waals surface area contributed by atoms with Gasteiger partial charge in [0.15, 0.2) is 0 Å². The van der Waals surface area contributed by atoms with E-state index >= 15 is 0 Å². The third kappa shape index (κ3) is 4.89. The minimum absolute atomic E-state index is 0.302. The maximum absolute atomic E-state index is 12.8. The highest BCUT2D eigenvalue weighted by Gasteiger charge is 2.31. The first-order valence-corrected chi connectivity index (χ1v) is 8.77. The number of hydrogen-bond donors (Lipinski definition) is 0. The molecule has 3 aromatic carbocycles. The third-order valence-electron chi connectivity index (χ3n) is 4.04. The number of benzene rings is 3. The van der Waals surface area contributed by atoms with Crippen LogP contribution in [-0.2, 0) is 9.53 Å². The standard InChI is InChI=1S/C24H18O4/c25-21(17-16-18-10-4-1-5-11-18)28-24(22(26)19-12-6-2-7-13-19)23(27)20-14-8-3-9-15-20/h1-17,24H. The van der Waals surface area contributed by atoms with Gasteiger partial charge in [0.1, 0.15) is 0 Å². The zero-order valence-electron chi connectivity index (χ0n) is 15.0. The summed E-state index contributed by atoms with van der Waals surface area (Å²) in [6, 6.07) is 25.8. The molecule has 0 fully saturated rings. The molecule has 0 heterocycles. The van der Waals surface area contributed by atoms with Crippen LogP contribution in [0.2, 0.25) is 0 Å². The average molecular weight is 370 g/mol. The highest BCUT2D eigenvalue weighted by Crippen LogP contribution is 2.14. The van der Waals surface area contributed by atoms with Gasteiger partial charge in [-0.15, -0.1) is 0 Å². The van der Waals surface area contributed by atoms with Crippen molar-refractivity contribution in [3.05, 3.63) is 114 Å². The zero-order chi connectivity index (χ0) is 19.8. The van der Waals surface area contributed by atoms with Crippen molar-refractivity contribution in [2.75, 3.05) is 0 Å². The summed E-state index contributed by atoms with van der Waals surface area (Å²) in [6.45, 7) is 0. The van der Waals surface area contributed by atoms with E-state index in [2.05, 4.69) is 0 Å². The van der Waals surface area contributed by atoms with E-state index in [1.165, 1.54) is 6.08 Å². The number of hydrogen-bond acceptors (Lipinski definition) is 4. The minimum Gasteiger partial charge on any atom is -0.442 e. The minimum atomic E-state index is -1.54. The van der Waals surface area contributed by atoms with E-state index in [1.54, 1.807) is 66.7 Å². The summed E-state index contributed by atoms with van der Waals surface area (Å²) < 4.78 is 5.28. The van der Waals surface area contributed by atoms with Crippen LogP contribution in [-0.4, -0.2) is 23.6 Å². The van der Waals surface area contributed by atoms with E-state index < -0.39 is 23.6 Å².